The van der Waals surface area contributed by atoms with Crippen molar-refractivity contribution in [2.24, 2.45) is 0 Å². The molecule has 1 aliphatic rings. The van der Waals surface area contributed by atoms with Gasteiger partial charge in [-0.25, -0.2) is 9.97 Å². The minimum atomic E-state index is 0.775. The van der Waals surface area contributed by atoms with E-state index >= 15 is 0 Å². The van der Waals surface area contributed by atoms with Gasteiger partial charge in [0.2, 0.25) is 5.95 Å². The van der Waals surface area contributed by atoms with Gasteiger partial charge in [0.1, 0.15) is 5.75 Å². The van der Waals surface area contributed by atoms with E-state index in [1.807, 2.05) is 12.1 Å². The van der Waals surface area contributed by atoms with Gasteiger partial charge in [-0.05, 0) is 34.0 Å². The third-order valence-corrected chi connectivity index (χ3v) is 3.74. The Kier molecular flexibility index (Phi) is 3.38. The van der Waals surface area contributed by atoms with Crippen molar-refractivity contribution in [3.8, 4) is 5.75 Å². The lowest BCUT2D eigenvalue weighted by atomic mass is 9.99. The van der Waals surface area contributed by atoms with Gasteiger partial charge in [-0.3, -0.25) is 0 Å². The molecule has 3 rings (SSSR count). The molecule has 0 aliphatic carbocycles. The van der Waals surface area contributed by atoms with Crippen LogP contribution < -0.4 is 9.64 Å². The molecule has 0 fully saturated rings. The van der Waals surface area contributed by atoms with Crippen LogP contribution in [0.1, 0.15) is 11.1 Å². The molecule has 98 valence electrons. The number of hydrogen-bond acceptors (Lipinski definition) is 4. The maximum Gasteiger partial charge on any atom is 0.225 e. The van der Waals surface area contributed by atoms with Gasteiger partial charge < -0.3 is 9.64 Å². The molecular weight excluding hydrogens is 306 g/mol. The lowest BCUT2D eigenvalue weighted by Crippen LogP contribution is -2.31. The van der Waals surface area contributed by atoms with Crippen LogP contribution in [0, 0.1) is 0 Å². The van der Waals surface area contributed by atoms with Crippen LogP contribution in [0.15, 0.2) is 35.1 Å². The Labute approximate surface area is 120 Å². The average Bonchev–Trinajstić information content (AvgIpc) is 2.47. The summed E-state index contributed by atoms with van der Waals surface area (Å²) in [4.78, 5) is 10.9. The summed E-state index contributed by atoms with van der Waals surface area (Å²) >= 11 is 3.35. The smallest absolute Gasteiger partial charge is 0.225 e. The summed E-state index contributed by atoms with van der Waals surface area (Å²) in [5.74, 6) is 1.76. The van der Waals surface area contributed by atoms with Gasteiger partial charge in [-0.2, -0.15) is 0 Å². The highest BCUT2D eigenvalue weighted by molar-refractivity contribution is 9.10. The monoisotopic (exact) mass is 319 g/mol. The molecule has 0 saturated heterocycles. The molecule has 1 aliphatic heterocycles. The second-order valence-electron chi connectivity index (χ2n) is 4.47. The summed E-state index contributed by atoms with van der Waals surface area (Å²) in [6.07, 6.45) is 4.52. The van der Waals surface area contributed by atoms with Crippen LogP contribution in [0.5, 0.6) is 5.75 Å². The summed E-state index contributed by atoms with van der Waals surface area (Å²) in [6, 6.07) is 6.19. The minimum Gasteiger partial charge on any atom is -0.496 e. The first kappa shape index (κ1) is 12.4. The summed E-state index contributed by atoms with van der Waals surface area (Å²) < 4.78 is 6.31. The lowest BCUT2D eigenvalue weighted by molar-refractivity contribution is 0.407. The number of halogens is 1. The fourth-order valence-corrected chi connectivity index (χ4v) is 2.61. The molecule has 1 aromatic carbocycles. The van der Waals surface area contributed by atoms with Gasteiger partial charge in [-0.15, -0.1) is 0 Å². The number of anilines is 1. The maximum atomic E-state index is 5.41. The van der Waals surface area contributed by atoms with Gasteiger partial charge in [0.05, 0.1) is 11.6 Å². The van der Waals surface area contributed by atoms with Crippen molar-refractivity contribution >= 4 is 21.9 Å². The van der Waals surface area contributed by atoms with E-state index in [0.717, 1.165) is 35.7 Å². The zero-order valence-electron chi connectivity index (χ0n) is 10.6. The first-order chi connectivity index (χ1) is 9.28. The van der Waals surface area contributed by atoms with E-state index < -0.39 is 0 Å². The number of methoxy groups -OCH3 is 1. The Morgan fingerprint density at radius 3 is 2.79 bits per heavy atom. The van der Waals surface area contributed by atoms with Crippen LogP contribution in [0.4, 0.5) is 5.95 Å². The van der Waals surface area contributed by atoms with Gasteiger partial charge in [-0.1, -0.05) is 12.1 Å². The lowest BCUT2D eigenvalue weighted by Gasteiger charge is -2.29. The van der Waals surface area contributed by atoms with E-state index in [2.05, 4.69) is 36.9 Å². The van der Waals surface area contributed by atoms with E-state index in [9.17, 15) is 0 Å². The van der Waals surface area contributed by atoms with Crippen LogP contribution in [0.25, 0.3) is 0 Å². The molecule has 5 heteroatoms. The van der Waals surface area contributed by atoms with E-state index in [0.29, 0.717) is 0 Å². The Morgan fingerprint density at radius 2 is 2.05 bits per heavy atom. The summed E-state index contributed by atoms with van der Waals surface area (Å²) in [5.41, 5.74) is 2.59. The third kappa shape index (κ3) is 2.42. The van der Waals surface area contributed by atoms with E-state index in [1.165, 1.54) is 11.1 Å². The molecule has 0 spiro atoms. The largest absolute Gasteiger partial charge is 0.496 e. The van der Waals surface area contributed by atoms with E-state index in [1.54, 1.807) is 19.5 Å². The standard InChI is InChI=1S/C14H14BrN3O/c1-19-13-4-2-3-10-9-18(6-5-12(10)13)14-16-7-11(15)8-17-14/h2-4,7-8H,5-6,9H2,1H3. The highest BCUT2D eigenvalue weighted by Crippen LogP contribution is 2.29. The molecular formula is C14H14BrN3O. The van der Waals surface area contributed by atoms with Crippen molar-refractivity contribution in [2.75, 3.05) is 18.6 Å². The quantitative estimate of drug-likeness (QED) is 0.853. The molecule has 0 bridgehead atoms. The van der Waals surface area contributed by atoms with Crippen molar-refractivity contribution in [3.05, 3.63) is 46.2 Å². The molecule has 2 heterocycles. The Balaban J connectivity index is 1.88. The van der Waals surface area contributed by atoms with Gasteiger partial charge in [0, 0.05) is 31.0 Å². The van der Waals surface area contributed by atoms with Crippen molar-refractivity contribution < 1.29 is 4.74 Å². The predicted molar refractivity (Wildman–Crippen MR) is 77.5 cm³/mol. The number of aromatic nitrogens is 2. The van der Waals surface area contributed by atoms with Gasteiger partial charge >= 0.3 is 0 Å². The first-order valence-electron chi connectivity index (χ1n) is 6.15. The van der Waals surface area contributed by atoms with E-state index in [-0.39, 0.29) is 0 Å². The van der Waals surface area contributed by atoms with Crippen molar-refractivity contribution in [2.45, 2.75) is 13.0 Å². The van der Waals surface area contributed by atoms with E-state index in [4.69, 9.17) is 4.74 Å². The van der Waals surface area contributed by atoms with Crippen molar-refractivity contribution in [3.63, 3.8) is 0 Å². The normalized spacial score (nSPS) is 14.1. The summed E-state index contributed by atoms with van der Waals surface area (Å²) in [7, 11) is 1.72. The predicted octanol–water partition coefficient (Wildman–Crippen LogP) is 2.81. The molecule has 19 heavy (non-hydrogen) atoms. The highest BCUT2D eigenvalue weighted by Gasteiger charge is 2.20. The number of fused-ring (bicyclic) bond motifs is 1. The van der Waals surface area contributed by atoms with Crippen LogP contribution >= 0.6 is 15.9 Å². The van der Waals surface area contributed by atoms with Gasteiger partial charge in [0.25, 0.3) is 0 Å². The highest BCUT2D eigenvalue weighted by atomic mass is 79.9. The molecule has 0 amide bonds. The maximum absolute atomic E-state index is 5.41. The SMILES string of the molecule is COc1cccc2c1CCN(c1ncc(Br)cn1)C2. The Bertz CT molecular complexity index is 586. The van der Waals surface area contributed by atoms with Crippen LogP contribution in [0.2, 0.25) is 0 Å². The Hall–Kier alpha value is -1.62. The first-order valence-corrected chi connectivity index (χ1v) is 6.94. The van der Waals surface area contributed by atoms with Crippen LogP contribution in [0.3, 0.4) is 0 Å². The molecule has 0 radical (unpaired) electrons. The Morgan fingerprint density at radius 1 is 1.26 bits per heavy atom. The molecule has 1 aromatic heterocycles. The zero-order chi connectivity index (χ0) is 13.2. The zero-order valence-corrected chi connectivity index (χ0v) is 12.2. The van der Waals surface area contributed by atoms with Crippen LogP contribution in [-0.4, -0.2) is 23.6 Å². The van der Waals surface area contributed by atoms with Gasteiger partial charge in [0.15, 0.2) is 0 Å². The molecule has 0 atom stereocenters. The number of nitrogens with zero attached hydrogens (tertiary/aromatic N) is 3. The number of rotatable bonds is 2. The van der Waals surface area contributed by atoms with Crippen molar-refractivity contribution in [1.29, 1.82) is 0 Å². The molecule has 0 N–H and O–H groups in total. The fourth-order valence-electron chi connectivity index (χ4n) is 2.41. The van der Waals surface area contributed by atoms with Crippen molar-refractivity contribution in [1.82, 2.24) is 9.97 Å². The van der Waals surface area contributed by atoms with Crippen LogP contribution in [-0.2, 0) is 13.0 Å². The summed E-state index contributed by atoms with van der Waals surface area (Å²) in [5, 5.41) is 0. The number of hydrogen-bond donors (Lipinski definition) is 0. The second kappa shape index (κ2) is 5.17. The minimum absolute atomic E-state index is 0.775. The number of ether oxygens (including phenoxy) is 1. The fraction of sp³-hybridized carbons (Fsp3) is 0.286. The number of benzene rings is 1. The molecule has 4 nitrogen and oxygen atoms in total. The average molecular weight is 320 g/mol. The molecule has 0 saturated carbocycles. The molecule has 0 unspecified atom stereocenters. The second-order valence-corrected chi connectivity index (χ2v) is 5.39. The summed E-state index contributed by atoms with van der Waals surface area (Å²) in [6.45, 7) is 1.74. The third-order valence-electron chi connectivity index (χ3n) is 3.33. The molecule has 2 aromatic rings. The topological polar surface area (TPSA) is 38.2 Å².